The van der Waals surface area contributed by atoms with Gasteiger partial charge in [0.1, 0.15) is 0 Å². The molecule has 5 nitrogen and oxygen atoms in total. The molecule has 4 N–H and O–H groups in total. The molecule has 1 rings (SSSR count). The lowest BCUT2D eigenvalue weighted by Gasteiger charge is -2.11. The summed E-state index contributed by atoms with van der Waals surface area (Å²) in [6.07, 6.45) is 1.60. The average Bonchev–Trinajstić information content (AvgIpc) is 2.53. The molecule has 2 atom stereocenters. The van der Waals surface area contributed by atoms with Crippen molar-refractivity contribution in [1.82, 2.24) is 5.32 Å². The predicted octanol–water partition coefficient (Wildman–Crippen LogP) is -1.28. The van der Waals surface area contributed by atoms with E-state index in [1.54, 1.807) is 0 Å². The summed E-state index contributed by atoms with van der Waals surface area (Å²) in [5, 5.41) is 11.3. The van der Waals surface area contributed by atoms with E-state index in [4.69, 9.17) is 10.8 Å². The molecule has 2 unspecified atom stereocenters. The second kappa shape index (κ2) is 3.64. The van der Waals surface area contributed by atoms with Gasteiger partial charge in [0.05, 0.1) is 6.04 Å². The number of ketones is 1. The van der Waals surface area contributed by atoms with Crippen molar-refractivity contribution in [3.63, 3.8) is 0 Å². The summed E-state index contributed by atoms with van der Waals surface area (Å²) < 4.78 is 0. The third kappa shape index (κ3) is 1.80. The van der Waals surface area contributed by atoms with Crippen molar-refractivity contribution in [1.29, 1.82) is 0 Å². The molecule has 0 saturated carbocycles. The van der Waals surface area contributed by atoms with E-state index in [9.17, 15) is 9.59 Å². The van der Waals surface area contributed by atoms with E-state index in [0.717, 1.165) is 13.0 Å². The summed E-state index contributed by atoms with van der Waals surface area (Å²) in [6.45, 7) is 0.767. The van der Waals surface area contributed by atoms with Crippen LogP contribution in [0.15, 0.2) is 0 Å². The molecule has 12 heavy (non-hydrogen) atoms. The van der Waals surface area contributed by atoms with Gasteiger partial charge in [-0.15, -0.1) is 0 Å². The normalized spacial score (nSPS) is 25.2. The van der Waals surface area contributed by atoms with E-state index >= 15 is 0 Å². The van der Waals surface area contributed by atoms with Gasteiger partial charge in [0.2, 0.25) is 0 Å². The summed E-state index contributed by atoms with van der Waals surface area (Å²) in [4.78, 5) is 21.5. The van der Waals surface area contributed by atoms with Crippen LogP contribution in [0.3, 0.4) is 0 Å². The lowest BCUT2D eigenvalue weighted by atomic mass is 10.1. The van der Waals surface area contributed by atoms with Crippen LogP contribution in [0.4, 0.5) is 0 Å². The SMILES string of the molecule is NC(C(=O)O)C(=O)C1CCCN1. The predicted molar refractivity (Wildman–Crippen MR) is 41.6 cm³/mol. The minimum absolute atomic E-state index is 0.351. The van der Waals surface area contributed by atoms with Crippen molar-refractivity contribution in [2.24, 2.45) is 5.73 Å². The van der Waals surface area contributed by atoms with Crippen molar-refractivity contribution >= 4 is 11.8 Å². The highest BCUT2D eigenvalue weighted by Gasteiger charge is 2.30. The summed E-state index contributed by atoms with van der Waals surface area (Å²) in [5.41, 5.74) is 5.15. The number of aliphatic carboxylic acids is 1. The van der Waals surface area contributed by atoms with Crippen LogP contribution in [0.1, 0.15) is 12.8 Å². The van der Waals surface area contributed by atoms with Gasteiger partial charge in [0.25, 0.3) is 0 Å². The van der Waals surface area contributed by atoms with E-state index in [-0.39, 0.29) is 6.04 Å². The highest BCUT2D eigenvalue weighted by molar-refractivity contribution is 6.04. The van der Waals surface area contributed by atoms with Crippen LogP contribution in [0.25, 0.3) is 0 Å². The molecule has 1 heterocycles. The number of carbonyl (C=O) groups is 2. The third-order valence-corrected chi connectivity index (χ3v) is 1.98. The van der Waals surface area contributed by atoms with E-state index in [1.165, 1.54) is 0 Å². The summed E-state index contributed by atoms with van der Waals surface area (Å²) in [6, 6.07) is -1.73. The van der Waals surface area contributed by atoms with Crippen LogP contribution in [0.2, 0.25) is 0 Å². The van der Waals surface area contributed by atoms with Gasteiger partial charge in [0.15, 0.2) is 11.8 Å². The molecule has 0 bridgehead atoms. The molecule has 1 aliphatic rings. The van der Waals surface area contributed by atoms with E-state index in [1.807, 2.05) is 0 Å². The molecule has 0 radical (unpaired) electrons. The minimum Gasteiger partial charge on any atom is -0.480 e. The molecule has 1 fully saturated rings. The summed E-state index contributed by atoms with van der Waals surface area (Å²) in [5.74, 6) is -1.67. The van der Waals surface area contributed by atoms with E-state index < -0.39 is 17.8 Å². The number of nitrogens with two attached hydrogens (primary N) is 1. The number of hydrogen-bond acceptors (Lipinski definition) is 4. The number of carboxylic acid groups (broad SMARTS) is 1. The minimum atomic E-state index is -1.37. The molecule has 1 saturated heterocycles. The second-order valence-electron chi connectivity index (χ2n) is 2.87. The molecule has 0 amide bonds. The zero-order valence-electron chi connectivity index (χ0n) is 6.62. The van der Waals surface area contributed by atoms with Crippen molar-refractivity contribution in [2.45, 2.75) is 24.9 Å². The molecule has 0 aromatic carbocycles. The van der Waals surface area contributed by atoms with Gasteiger partial charge in [-0.05, 0) is 19.4 Å². The first-order valence-corrected chi connectivity index (χ1v) is 3.88. The molecular formula is C7H12N2O3. The smallest absolute Gasteiger partial charge is 0.328 e. The maximum Gasteiger partial charge on any atom is 0.328 e. The van der Waals surface area contributed by atoms with E-state index in [2.05, 4.69) is 5.32 Å². The molecule has 0 spiro atoms. The Morgan fingerprint density at radius 2 is 2.25 bits per heavy atom. The quantitative estimate of drug-likeness (QED) is 0.461. The highest BCUT2D eigenvalue weighted by atomic mass is 16.4. The topological polar surface area (TPSA) is 92.4 Å². The summed E-state index contributed by atoms with van der Waals surface area (Å²) in [7, 11) is 0. The molecule has 0 aromatic rings. The van der Waals surface area contributed by atoms with Crippen LogP contribution in [0, 0.1) is 0 Å². The fraction of sp³-hybridized carbons (Fsp3) is 0.714. The zero-order valence-corrected chi connectivity index (χ0v) is 6.62. The Labute approximate surface area is 69.9 Å². The van der Waals surface area contributed by atoms with Crippen LogP contribution in [-0.4, -0.2) is 35.5 Å². The Morgan fingerprint density at radius 3 is 2.67 bits per heavy atom. The third-order valence-electron chi connectivity index (χ3n) is 1.98. The van der Waals surface area contributed by atoms with Gasteiger partial charge in [-0.2, -0.15) is 0 Å². The lowest BCUT2D eigenvalue weighted by molar-refractivity contribution is -0.142. The number of carbonyl (C=O) groups excluding carboxylic acids is 1. The van der Waals surface area contributed by atoms with Gasteiger partial charge in [0, 0.05) is 0 Å². The zero-order chi connectivity index (χ0) is 9.14. The van der Waals surface area contributed by atoms with Crippen LogP contribution < -0.4 is 11.1 Å². The first-order chi connectivity index (χ1) is 5.63. The molecule has 1 aliphatic heterocycles. The summed E-state index contributed by atoms with van der Waals surface area (Å²) >= 11 is 0. The van der Waals surface area contributed by atoms with Gasteiger partial charge >= 0.3 is 5.97 Å². The van der Waals surface area contributed by atoms with Gasteiger partial charge < -0.3 is 16.2 Å². The molecule has 5 heteroatoms. The molecule has 68 valence electrons. The second-order valence-corrected chi connectivity index (χ2v) is 2.87. The lowest BCUT2D eigenvalue weighted by Crippen LogP contribution is -2.47. The maximum atomic E-state index is 11.2. The fourth-order valence-corrected chi connectivity index (χ4v) is 1.27. The van der Waals surface area contributed by atoms with Crippen molar-refractivity contribution in [3.8, 4) is 0 Å². The number of Topliss-reactive ketones (excluding diaryl/α,β-unsaturated/α-hetero) is 1. The number of hydrogen-bond donors (Lipinski definition) is 3. The highest BCUT2D eigenvalue weighted by Crippen LogP contribution is 2.07. The Hall–Kier alpha value is -0.940. The van der Waals surface area contributed by atoms with Crippen molar-refractivity contribution in [3.05, 3.63) is 0 Å². The Morgan fingerprint density at radius 1 is 1.58 bits per heavy atom. The number of carboxylic acids is 1. The van der Waals surface area contributed by atoms with Crippen molar-refractivity contribution < 1.29 is 14.7 Å². The molecule has 0 aromatic heterocycles. The Balaban J connectivity index is 2.51. The van der Waals surface area contributed by atoms with Crippen LogP contribution in [-0.2, 0) is 9.59 Å². The Bertz CT molecular complexity index is 199. The van der Waals surface area contributed by atoms with Gasteiger partial charge in [-0.25, -0.2) is 0 Å². The molecular weight excluding hydrogens is 160 g/mol. The van der Waals surface area contributed by atoms with Crippen molar-refractivity contribution in [2.75, 3.05) is 6.54 Å². The monoisotopic (exact) mass is 172 g/mol. The maximum absolute atomic E-state index is 11.2. The first kappa shape index (κ1) is 9.15. The van der Waals surface area contributed by atoms with Gasteiger partial charge in [-0.1, -0.05) is 0 Å². The van der Waals surface area contributed by atoms with Crippen LogP contribution >= 0.6 is 0 Å². The number of rotatable bonds is 3. The fourth-order valence-electron chi connectivity index (χ4n) is 1.27. The average molecular weight is 172 g/mol. The van der Waals surface area contributed by atoms with E-state index in [0.29, 0.717) is 6.42 Å². The standard InChI is InChI=1S/C7H12N2O3/c8-5(7(11)12)6(10)4-2-1-3-9-4/h4-5,9H,1-3,8H2,(H,11,12). The number of nitrogens with one attached hydrogen (secondary N) is 1. The van der Waals surface area contributed by atoms with Gasteiger partial charge in [-0.3, -0.25) is 9.59 Å². The molecule has 0 aliphatic carbocycles. The largest absolute Gasteiger partial charge is 0.480 e. The Kier molecular flexibility index (Phi) is 2.78. The first-order valence-electron chi connectivity index (χ1n) is 3.88. The van der Waals surface area contributed by atoms with Crippen LogP contribution in [0.5, 0.6) is 0 Å².